The van der Waals surface area contributed by atoms with Crippen LogP contribution in [0.3, 0.4) is 0 Å². The van der Waals surface area contributed by atoms with Crippen LogP contribution in [0, 0.1) is 21.8 Å². The number of rotatable bonds is 4. The monoisotopic (exact) mass is 318 g/mol. The van der Waals surface area contributed by atoms with Crippen LogP contribution in [0.4, 0.5) is 10.1 Å². The Hall–Kier alpha value is -1.58. The summed E-state index contributed by atoms with van der Waals surface area (Å²) in [6.07, 6.45) is 1.07. The van der Waals surface area contributed by atoms with Crippen LogP contribution < -0.4 is 0 Å². The van der Waals surface area contributed by atoms with Gasteiger partial charge in [0.1, 0.15) is 0 Å². The normalized spacial score (nSPS) is 17.8. The first-order valence-corrected chi connectivity index (χ1v) is 7.85. The number of sulfonamides is 1. The fourth-order valence-electron chi connectivity index (χ4n) is 2.28. The number of hydrogen-bond donors (Lipinski definition) is 1. The van der Waals surface area contributed by atoms with Gasteiger partial charge < -0.3 is 5.11 Å². The second-order valence-electron chi connectivity index (χ2n) is 4.90. The Morgan fingerprint density at radius 1 is 1.38 bits per heavy atom. The maximum Gasteiger partial charge on any atom is 0.304 e. The van der Waals surface area contributed by atoms with Crippen molar-refractivity contribution in [2.45, 2.75) is 17.7 Å². The third-order valence-electron chi connectivity index (χ3n) is 3.59. The molecule has 0 aromatic heterocycles. The van der Waals surface area contributed by atoms with Crippen molar-refractivity contribution in [1.82, 2.24) is 4.31 Å². The van der Waals surface area contributed by atoms with E-state index in [2.05, 4.69) is 0 Å². The maximum atomic E-state index is 13.6. The summed E-state index contributed by atoms with van der Waals surface area (Å²) >= 11 is 0. The zero-order valence-corrected chi connectivity index (χ0v) is 11.9. The molecular weight excluding hydrogens is 303 g/mol. The molecule has 21 heavy (non-hydrogen) atoms. The molecule has 1 aromatic rings. The van der Waals surface area contributed by atoms with E-state index in [-0.39, 0.29) is 30.5 Å². The number of hydrogen-bond acceptors (Lipinski definition) is 5. The van der Waals surface area contributed by atoms with Crippen molar-refractivity contribution in [1.29, 1.82) is 0 Å². The molecule has 1 fully saturated rings. The van der Waals surface area contributed by atoms with E-state index in [0.29, 0.717) is 18.9 Å². The second kappa shape index (κ2) is 6.04. The molecule has 0 bridgehead atoms. The van der Waals surface area contributed by atoms with Crippen molar-refractivity contribution >= 4 is 15.7 Å². The van der Waals surface area contributed by atoms with Crippen molar-refractivity contribution in [2.24, 2.45) is 5.92 Å². The topological polar surface area (TPSA) is 101 Å². The Labute approximate surface area is 121 Å². The first-order valence-electron chi connectivity index (χ1n) is 6.41. The molecule has 1 heterocycles. The van der Waals surface area contributed by atoms with Crippen LogP contribution in [0.15, 0.2) is 23.1 Å². The second-order valence-corrected chi connectivity index (χ2v) is 6.84. The summed E-state index contributed by atoms with van der Waals surface area (Å²) in [4.78, 5) is 9.33. The molecule has 9 heteroatoms. The van der Waals surface area contributed by atoms with E-state index in [0.717, 1.165) is 12.1 Å². The van der Waals surface area contributed by atoms with Gasteiger partial charge >= 0.3 is 5.69 Å². The van der Waals surface area contributed by atoms with Gasteiger partial charge in [0, 0.05) is 31.8 Å². The van der Waals surface area contributed by atoms with Crippen molar-refractivity contribution in [2.75, 3.05) is 19.7 Å². The highest BCUT2D eigenvalue weighted by Gasteiger charge is 2.30. The number of nitrogens with zero attached hydrogens (tertiary/aromatic N) is 2. The van der Waals surface area contributed by atoms with Crippen LogP contribution >= 0.6 is 0 Å². The van der Waals surface area contributed by atoms with Gasteiger partial charge in [-0.2, -0.15) is 8.70 Å². The van der Waals surface area contributed by atoms with Crippen molar-refractivity contribution < 1.29 is 22.8 Å². The molecular formula is C12H15FN2O5S. The molecule has 1 aromatic carbocycles. The van der Waals surface area contributed by atoms with Gasteiger partial charge in [0.25, 0.3) is 0 Å². The highest BCUT2D eigenvalue weighted by atomic mass is 32.2. The first-order chi connectivity index (χ1) is 9.86. The van der Waals surface area contributed by atoms with Crippen molar-refractivity contribution in [3.8, 4) is 0 Å². The first kappa shape index (κ1) is 15.8. The molecule has 0 aliphatic carbocycles. The molecule has 7 nitrogen and oxygen atoms in total. The van der Waals surface area contributed by atoms with Crippen molar-refractivity contribution in [3.63, 3.8) is 0 Å². The number of aliphatic hydroxyl groups excluding tert-OH is 1. The van der Waals surface area contributed by atoms with Crippen LogP contribution in [-0.2, 0) is 10.0 Å². The molecule has 0 unspecified atom stereocenters. The lowest BCUT2D eigenvalue weighted by Crippen LogP contribution is -2.39. The van der Waals surface area contributed by atoms with Gasteiger partial charge in [0.2, 0.25) is 15.8 Å². The summed E-state index contributed by atoms with van der Waals surface area (Å²) in [6, 6.07) is 2.56. The highest BCUT2D eigenvalue weighted by Crippen LogP contribution is 2.26. The summed E-state index contributed by atoms with van der Waals surface area (Å²) in [6.45, 7) is 0.498. The minimum absolute atomic E-state index is 0.0139. The number of halogens is 1. The van der Waals surface area contributed by atoms with E-state index in [4.69, 9.17) is 5.11 Å². The summed E-state index contributed by atoms with van der Waals surface area (Å²) in [5, 5.41) is 19.6. The van der Waals surface area contributed by atoms with E-state index in [1.807, 2.05) is 0 Å². The minimum Gasteiger partial charge on any atom is -0.396 e. The Balaban J connectivity index is 2.24. The van der Waals surface area contributed by atoms with Crippen LogP contribution in [0.1, 0.15) is 12.8 Å². The van der Waals surface area contributed by atoms with E-state index in [1.165, 1.54) is 4.31 Å². The molecule has 0 spiro atoms. The molecule has 116 valence electrons. The van der Waals surface area contributed by atoms with E-state index in [9.17, 15) is 22.9 Å². The van der Waals surface area contributed by atoms with Crippen LogP contribution in [0.25, 0.3) is 0 Å². The van der Waals surface area contributed by atoms with Crippen molar-refractivity contribution in [3.05, 3.63) is 34.1 Å². The fourth-order valence-corrected chi connectivity index (χ4v) is 3.76. The Morgan fingerprint density at radius 3 is 2.48 bits per heavy atom. The highest BCUT2D eigenvalue weighted by molar-refractivity contribution is 7.89. The third-order valence-corrected chi connectivity index (χ3v) is 5.48. The van der Waals surface area contributed by atoms with Crippen LogP contribution in [0.5, 0.6) is 0 Å². The lowest BCUT2D eigenvalue weighted by Gasteiger charge is -2.30. The Bertz CT molecular complexity index is 641. The summed E-state index contributed by atoms with van der Waals surface area (Å²) < 4.78 is 39.5. The van der Waals surface area contributed by atoms with E-state index in [1.54, 1.807) is 0 Å². The van der Waals surface area contributed by atoms with Gasteiger partial charge in [0.15, 0.2) is 0 Å². The summed E-state index contributed by atoms with van der Waals surface area (Å²) in [5.41, 5.74) is -0.757. The lowest BCUT2D eigenvalue weighted by atomic mass is 10.00. The summed E-state index contributed by atoms with van der Waals surface area (Å²) in [7, 11) is -3.87. The Morgan fingerprint density at radius 2 is 2.00 bits per heavy atom. The van der Waals surface area contributed by atoms with Gasteiger partial charge in [-0.15, -0.1) is 0 Å². The fraction of sp³-hybridized carbons (Fsp3) is 0.500. The largest absolute Gasteiger partial charge is 0.396 e. The lowest BCUT2D eigenvalue weighted by molar-refractivity contribution is -0.387. The molecule has 0 radical (unpaired) electrons. The number of benzene rings is 1. The van der Waals surface area contributed by atoms with E-state index < -0.39 is 26.5 Å². The molecule has 1 aliphatic heterocycles. The van der Waals surface area contributed by atoms with Gasteiger partial charge in [-0.25, -0.2) is 8.42 Å². The van der Waals surface area contributed by atoms with Crippen LogP contribution in [0.2, 0.25) is 0 Å². The van der Waals surface area contributed by atoms with Gasteiger partial charge in [0.05, 0.1) is 9.82 Å². The third kappa shape index (κ3) is 3.20. The summed E-state index contributed by atoms with van der Waals surface area (Å²) in [5.74, 6) is -1.10. The zero-order valence-electron chi connectivity index (χ0n) is 11.1. The molecule has 1 saturated heterocycles. The molecule has 1 aliphatic rings. The average molecular weight is 318 g/mol. The van der Waals surface area contributed by atoms with Gasteiger partial charge in [-0.1, -0.05) is 0 Å². The quantitative estimate of drug-likeness (QED) is 0.662. The number of nitro groups is 1. The van der Waals surface area contributed by atoms with Gasteiger partial charge in [-0.3, -0.25) is 10.1 Å². The van der Waals surface area contributed by atoms with Crippen LogP contribution in [-0.4, -0.2) is 42.4 Å². The predicted molar refractivity (Wildman–Crippen MR) is 71.6 cm³/mol. The smallest absolute Gasteiger partial charge is 0.304 e. The maximum absolute atomic E-state index is 13.6. The standard InChI is InChI=1S/C12H15FN2O5S/c13-11-7-10(1-2-12(11)15(17)18)21(19,20)14-5-3-9(8-16)4-6-14/h1-2,7,9,16H,3-6,8H2. The molecule has 0 atom stereocenters. The SMILES string of the molecule is O=[N+]([O-])c1ccc(S(=O)(=O)N2CCC(CO)CC2)cc1F. The molecule has 2 rings (SSSR count). The number of piperidine rings is 1. The number of nitro benzene ring substituents is 1. The zero-order chi connectivity index (χ0) is 15.6. The predicted octanol–water partition coefficient (Wildman–Crippen LogP) is 1.13. The van der Waals surface area contributed by atoms with Gasteiger partial charge in [-0.05, 0) is 24.8 Å². The molecule has 0 saturated carbocycles. The van der Waals surface area contributed by atoms with E-state index >= 15 is 0 Å². The minimum atomic E-state index is -3.87. The molecule has 0 amide bonds. The number of aliphatic hydroxyl groups is 1. The average Bonchev–Trinajstić information content (AvgIpc) is 2.46. The molecule has 1 N–H and O–H groups in total. The Kier molecular flexibility index (Phi) is 4.55.